The molecule has 1 aromatic carbocycles. The van der Waals surface area contributed by atoms with Gasteiger partial charge in [0.15, 0.2) is 23.2 Å². The topological polar surface area (TPSA) is 72.7 Å². The number of aliphatic imine (C=N–C) groups is 1. The monoisotopic (exact) mass is 399 g/mol. The lowest BCUT2D eigenvalue weighted by Crippen LogP contribution is -2.37. The van der Waals surface area contributed by atoms with Gasteiger partial charge < -0.3 is 20.1 Å². The van der Waals surface area contributed by atoms with Crippen LogP contribution in [0.3, 0.4) is 0 Å². The first-order chi connectivity index (χ1) is 13.3. The van der Waals surface area contributed by atoms with Crippen molar-refractivity contribution < 1.29 is 22.6 Å². The summed E-state index contributed by atoms with van der Waals surface area (Å²) in [5.41, 5.74) is 0.0113. The summed E-state index contributed by atoms with van der Waals surface area (Å²) in [5.74, 6) is 1.59. The van der Waals surface area contributed by atoms with Crippen molar-refractivity contribution in [3.8, 4) is 11.5 Å². The van der Waals surface area contributed by atoms with Gasteiger partial charge in [-0.25, -0.2) is 4.99 Å². The van der Waals surface area contributed by atoms with Crippen molar-refractivity contribution in [1.82, 2.24) is 20.4 Å². The number of hydrogen-bond donors (Lipinski definition) is 2. The minimum absolute atomic E-state index is 0.0479. The van der Waals surface area contributed by atoms with Crippen LogP contribution in [0.2, 0.25) is 0 Å². The summed E-state index contributed by atoms with van der Waals surface area (Å²) < 4.78 is 50.8. The van der Waals surface area contributed by atoms with Gasteiger partial charge in [-0.2, -0.15) is 18.3 Å². The summed E-state index contributed by atoms with van der Waals surface area (Å²) in [5, 5.41) is 9.43. The van der Waals surface area contributed by atoms with E-state index in [1.807, 2.05) is 13.0 Å². The minimum Gasteiger partial charge on any atom is -0.493 e. The quantitative estimate of drug-likeness (QED) is 0.553. The van der Waals surface area contributed by atoms with Crippen molar-refractivity contribution in [2.24, 2.45) is 12.0 Å². The molecule has 0 radical (unpaired) electrons. The van der Waals surface area contributed by atoms with Gasteiger partial charge in [0.05, 0.1) is 20.8 Å². The highest BCUT2D eigenvalue weighted by atomic mass is 19.4. The fourth-order valence-corrected chi connectivity index (χ4v) is 2.58. The maximum Gasteiger partial charge on any atom is 0.435 e. The standard InChI is InChI=1S/C18H24F3N5O2/c1-5-22-17(23-9-12-6-7-14(27-3)15(8-12)28-4)24-10-13-11-26(2)25-16(13)18(19,20)21/h6-8,11H,5,9-10H2,1-4H3,(H2,22,23,24). The zero-order valence-electron chi connectivity index (χ0n) is 16.2. The van der Waals surface area contributed by atoms with Crippen LogP contribution in [-0.2, 0) is 26.3 Å². The molecule has 154 valence electrons. The smallest absolute Gasteiger partial charge is 0.435 e. The molecule has 0 aliphatic carbocycles. The number of alkyl halides is 3. The lowest BCUT2D eigenvalue weighted by Gasteiger charge is -2.13. The third-order valence-corrected chi connectivity index (χ3v) is 3.83. The normalized spacial score (nSPS) is 12.0. The van der Waals surface area contributed by atoms with Crippen LogP contribution in [0.1, 0.15) is 23.7 Å². The molecule has 0 saturated carbocycles. The molecular formula is C18H24F3N5O2. The first-order valence-corrected chi connectivity index (χ1v) is 8.61. The number of aromatic nitrogens is 2. The molecule has 0 saturated heterocycles. The number of ether oxygens (including phenoxy) is 2. The van der Waals surface area contributed by atoms with Crippen LogP contribution in [0.5, 0.6) is 11.5 Å². The van der Waals surface area contributed by atoms with Crippen molar-refractivity contribution in [2.75, 3.05) is 20.8 Å². The molecule has 0 spiro atoms. The number of guanidine groups is 1. The van der Waals surface area contributed by atoms with E-state index >= 15 is 0 Å². The average molecular weight is 399 g/mol. The molecule has 0 amide bonds. The van der Waals surface area contributed by atoms with Gasteiger partial charge in [0, 0.05) is 31.9 Å². The molecule has 28 heavy (non-hydrogen) atoms. The highest BCUT2D eigenvalue weighted by molar-refractivity contribution is 5.79. The Bertz CT molecular complexity index is 818. The molecule has 1 aromatic heterocycles. The Labute approximate surface area is 161 Å². The number of nitrogens with one attached hydrogen (secondary N) is 2. The highest BCUT2D eigenvalue weighted by Crippen LogP contribution is 2.30. The summed E-state index contributed by atoms with van der Waals surface area (Å²) in [4.78, 5) is 4.42. The highest BCUT2D eigenvalue weighted by Gasteiger charge is 2.36. The second-order valence-electron chi connectivity index (χ2n) is 5.91. The fourth-order valence-electron chi connectivity index (χ4n) is 2.58. The molecule has 0 bridgehead atoms. The van der Waals surface area contributed by atoms with E-state index in [4.69, 9.17) is 9.47 Å². The third kappa shape index (κ3) is 5.54. The Morgan fingerprint density at radius 2 is 1.89 bits per heavy atom. The predicted octanol–water partition coefficient (Wildman–Crippen LogP) is 2.71. The zero-order chi connectivity index (χ0) is 20.7. The number of benzene rings is 1. The lowest BCUT2D eigenvalue weighted by molar-refractivity contribution is -0.142. The van der Waals surface area contributed by atoms with Gasteiger partial charge in [-0.15, -0.1) is 0 Å². The molecule has 1 heterocycles. The van der Waals surface area contributed by atoms with Crippen LogP contribution < -0.4 is 20.1 Å². The van der Waals surface area contributed by atoms with Crippen molar-refractivity contribution in [3.63, 3.8) is 0 Å². The zero-order valence-corrected chi connectivity index (χ0v) is 16.2. The van der Waals surface area contributed by atoms with Gasteiger partial charge >= 0.3 is 6.18 Å². The number of halogens is 3. The van der Waals surface area contributed by atoms with Gasteiger partial charge in [0.2, 0.25) is 0 Å². The van der Waals surface area contributed by atoms with Crippen LogP contribution >= 0.6 is 0 Å². The summed E-state index contributed by atoms with van der Waals surface area (Å²) >= 11 is 0. The van der Waals surface area contributed by atoms with Crippen molar-refractivity contribution >= 4 is 5.96 Å². The Morgan fingerprint density at radius 3 is 2.50 bits per heavy atom. The van der Waals surface area contributed by atoms with Crippen molar-refractivity contribution in [1.29, 1.82) is 0 Å². The Kier molecular flexibility index (Phi) is 7.13. The molecule has 0 aliphatic heterocycles. The van der Waals surface area contributed by atoms with Crippen LogP contribution in [0.25, 0.3) is 0 Å². The largest absolute Gasteiger partial charge is 0.493 e. The SMILES string of the molecule is CCNC(=NCc1ccc(OC)c(OC)c1)NCc1cn(C)nc1C(F)(F)F. The van der Waals surface area contributed by atoms with Crippen LogP contribution in [0.15, 0.2) is 29.4 Å². The molecule has 2 aromatic rings. The Morgan fingerprint density at radius 1 is 1.18 bits per heavy atom. The Balaban J connectivity index is 2.12. The van der Waals surface area contributed by atoms with Crippen molar-refractivity contribution in [3.05, 3.63) is 41.2 Å². The second kappa shape index (κ2) is 9.34. The van der Waals surface area contributed by atoms with Crippen LogP contribution in [0, 0.1) is 0 Å². The molecule has 7 nitrogen and oxygen atoms in total. The van der Waals surface area contributed by atoms with E-state index in [1.165, 1.54) is 13.2 Å². The van der Waals surface area contributed by atoms with Crippen LogP contribution in [-0.4, -0.2) is 36.5 Å². The molecule has 0 unspecified atom stereocenters. The van der Waals surface area contributed by atoms with E-state index in [2.05, 4.69) is 20.7 Å². The van der Waals surface area contributed by atoms with E-state index in [0.29, 0.717) is 30.5 Å². The molecule has 0 fully saturated rings. The van der Waals surface area contributed by atoms with E-state index < -0.39 is 11.9 Å². The molecule has 2 N–H and O–H groups in total. The Hall–Kier alpha value is -2.91. The maximum atomic E-state index is 13.1. The first kappa shape index (κ1) is 21.4. The summed E-state index contributed by atoms with van der Waals surface area (Å²) in [6, 6.07) is 5.42. The van der Waals surface area contributed by atoms with Gasteiger partial charge in [0.25, 0.3) is 0 Å². The van der Waals surface area contributed by atoms with E-state index in [9.17, 15) is 13.2 Å². The summed E-state index contributed by atoms with van der Waals surface area (Å²) in [7, 11) is 4.55. The number of hydrogen-bond acceptors (Lipinski definition) is 4. The maximum absolute atomic E-state index is 13.1. The lowest BCUT2D eigenvalue weighted by atomic mass is 10.2. The van der Waals surface area contributed by atoms with E-state index in [0.717, 1.165) is 10.2 Å². The molecule has 0 atom stereocenters. The molecular weight excluding hydrogens is 375 g/mol. The minimum atomic E-state index is -4.51. The van der Waals surface area contributed by atoms with Crippen molar-refractivity contribution in [2.45, 2.75) is 26.2 Å². The third-order valence-electron chi connectivity index (χ3n) is 3.83. The first-order valence-electron chi connectivity index (χ1n) is 8.61. The van der Waals surface area contributed by atoms with Gasteiger partial charge in [0.1, 0.15) is 0 Å². The number of methoxy groups -OCH3 is 2. The molecule has 10 heteroatoms. The number of aryl methyl sites for hydroxylation is 1. The van der Waals surface area contributed by atoms with E-state index in [-0.39, 0.29) is 12.1 Å². The predicted molar refractivity (Wildman–Crippen MR) is 99.4 cm³/mol. The van der Waals surface area contributed by atoms with Gasteiger partial charge in [-0.05, 0) is 24.6 Å². The molecule has 2 rings (SSSR count). The fraction of sp³-hybridized carbons (Fsp3) is 0.444. The number of nitrogens with zero attached hydrogens (tertiary/aromatic N) is 3. The second-order valence-corrected chi connectivity index (χ2v) is 5.91. The van der Waals surface area contributed by atoms with Gasteiger partial charge in [-0.1, -0.05) is 6.07 Å². The summed E-state index contributed by atoms with van der Waals surface area (Å²) in [6.07, 6.45) is -3.17. The van der Waals surface area contributed by atoms with Crippen LogP contribution in [0.4, 0.5) is 13.2 Å². The van der Waals surface area contributed by atoms with Gasteiger partial charge in [-0.3, -0.25) is 4.68 Å². The summed E-state index contributed by atoms with van der Waals surface area (Å²) in [6.45, 7) is 2.70. The average Bonchev–Trinajstić information content (AvgIpc) is 3.04. The molecule has 0 aliphatic rings. The van der Waals surface area contributed by atoms with E-state index in [1.54, 1.807) is 26.4 Å². The number of rotatable bonds is 7.